The zero-order valence-electron chi connectivity index (χ0n) is 16.9. The molecule has 8 nitrogen and oxygen atoms in total. The molecule has 0 aliphatic carbocycles. The van der Waals surface area contributed by atoms with Crippen LogP contribution in [0, 0.1) is 11.3 Å². The molecule has 1 aliphatic heterocycles. The molecule has 0 spiro atoms. The zero-order valence-corrected chi connectivity index (χ0v) is 18.4. The predicted molar refractivity (Wildman–Crippen MR) is 123 cm³/mol. The average molecular weight is 465 g/mol. The molecule has 0 amide bonds. The van der Waals surface area contributed by atoms with Gasteiger partial charge in [0.15, 0.2) is 11.3 Å². The first kappa shape index (κ1) is 20.6. The standard InChI is InChI=1S/C22H18Cl2N8/c23-15-3-1-2-14(18(15)24)19-17-16(12-25)28-21(29-20(17)31-30-19)32-10-6-22(26,7-11-32)13-4-8-27-9-5-13/h1-5,8-9H,6-7,10-11,26H2,(H,28,29,30,31). The Hall–Kier alpha value is -3.25. The summed E-state index contributed by atoms with van der Waals surface area (Å²) in [6.45, 7) is 1.32. The van der Waals surface area contributed by atoms with Gasteiger partial charge in [0.2, 0.25) is 5.95 Å². The van der Waals surface area contributed by atoms with E-state index in [1.165, 1.54) is 0 Å². The van der Waals surface area contributed by atoms with Crippen molar-refractivity contribution in [1.29, 1.82) is 5.26 Å². The lowest BCUT2D eigenvalue weighted by molar-refractivity contribution is 0.340. The molecule has 1 fully saturated rings. The molecule has 10 heteroatoms. The Balaban J connectivity index is 1.48. The molecular weight excluding hydrogens is 447 g/mol. The molecule has 0 unspecified atom stereocenters. The van der Waals surface area contributed by atoms with Crippen molar-refractivity contribution in [2.24, 2.45) is 5.73 Å². The summed E-state index contributed by atoms with van der Waals surface area (Å²) in [6, 6.07) is 11.4. The van der Waals surface area contributed by atoms with Crippen molar-refractivity contribution < 1.29 is 0 Å². The van der Waals surface area contributed by atoms with Crippen molar-refractivity contribution in [2.75, 3.05) is 18.0 Å². The number of piperidine rings is 1. The van der Waals surface area contributed by atoms with Crippen LogP contribution >= 0.6 is 23.2 Å². The number of hydrogen-bond acceptors (Lipinski definition) is 7. The van der Waals surface area contributed by atoms with Crippen molar-refractivity contribution in [3.63, 3.8) is 0 Å². The van der Waals surface area contributed by atoms with Gasteiger partial charge in [-0.25, -0.2) is 4.98 Å². The van der Waals surface area contributed by atoms with E-state index < -0.39 is 5.54 Å². The lowest BCUT2D eigenvalue weighted by Gasteiger charge is -2.39. The van der Waals surface area contributed by atoms with Crippen LogP contribution in [0.5, 0.6) is 0 Å². The molecule has 3 N–H and O–H groups in total. The van der Waals surface area contributed by atoms with Gasteiger partial charge in [-0.3, -0.25) is 10.1 Å². The Morgan fingerprint density at radius 2 is 1.84 bits per heavy atom. The van der Waals surface area contributed by atoms with Gasteiger partial charge >= 0.3 is 0 Å². The summed E-state index contributed by atoms with van der Waals surface area (Å²) in [5, 5.41) is 18.4. The van der Waals surface area contributed by atoms with E-state index in [1.807, 2.05) is 17.0 Å². The van der Waals surface area contributed by atoms with E-state index in [2.05, 4.69) is 31.2 Å². The molecular formula is C22H18Cl2N8. The number of anilines is 1. The van der Waals surface area contributed by atoms with Crippen LogP contribution in [0.2, 0.25) is 10.0 Å². The second kappa shape index (κ2) is 8.02. The number of pyridine rings is 1. The van der Waals surface area contributed by atoms with Gasteiger partial charge in [0.1, 0.15) is 6.07 Å². The fourth-order valence-electron chi connectivity index (χ4n) is 4.11. The van der Waals surface area contributed by atoms with Gasteiger partial charge in [-0.1, -0.05) is 35.3 Å². The number of nitrogens with zero attached hydrogens (tertiary/aromatic N) is 6. The van der Waals surface area contributed by atoms with Gasteiger partial charge in [-0.2, -0.15) is 15.3 Å². The smallest absolute Gasteiger partial charge is 0.228 e. The fraction of sp³-hybridized carbons (Fsp3) is 0.227. The van der Waals surface area contributed by atoms with Gasteiger partial charge in [-0.05, 0) is 36.6 Å². The lowest BCUT2D eigenvalue weighted by atomic mass is 9.82. The van der Waals surface area contributed by atoms with Crippen LogP contribution in [-0.4, -0.2) is 38.2 Å². The predicted octanol–water partition coefficient (Wildman–Crippen LogP) is 4.05. The Bertz CT molecular complexity index is 1340. The highest BCUT2D eigenvalue weighted by Gasteiger charge is 2.33. The van der Waals surface area contributed by atoms with E-state index in [0.29, 0.717) is 51.4 Å². The van der Waals surface area contributed by atoms with Crippen molar-refractivity contribution >= 4 is 40.2 Å². The van der Waals surface area contributed by atoms with Gasteiger partial charge in [0, 0.05) is 36.6 Å². The lowest BCUT2D eigenvalue weighted by Crippen LogP contribution is -2.48. The molecule has 0 radical (unpaired) electrons. The number of aromatic amines is 1. The number of nitrogens with two attached hydrogens (primary N) is 1. The van der Waals surface area contributed by atoms with Gasteiger partial charge in [0.05, 0.1) is 21.1 Å². The first-order valence-electron chi connectivity index (χ1n) is 10.0. The first-order chi connectivity index (χ1) is 15.5. The number of rotatable bonds is 3. The normalized spacial score (nSPS) is 15.6. The quantitative estimate of drug-likeness (QED) is 0.468. The maximum atomic E-state index is 9.82. The van der Waals surface area contributed by atoms with Gasteiger partial charge in [-0.15, -0.1) is 0 Å². The molecule has 4 aromatic rings. The minimum Gasteiger partial charge on any atom is -0.341 e. The largest absolute Gasteiger partial charge is 0.341 e. The molecule has 1 aromatic carbocycles. The molecule has 160 valence electrons. The number of aromatic nitrogens is 5. The number of benzene rings is 1. The molecule has 5 rings (SSSR count). The van der Waals surface area contributed by atoms with E-state index in [1.54, 1.807) is 30.6 Å². The summed E-state index contributed by atoms with van der Waals surface area (Å²) in [5.74, 6) is 0.459. The van der Waals surface area contributed by atoms with Crippen LogP contribution in [-0.2, 0) is 5.54 Å². The van der Waals surface area contributed by atoms with Gasteiger partial charge < -0.3 is 10.6 Å². The van der Waals surface area contributed by atoms with Crippen LogP contribution in [0.25, 0.3) is 22.3 Å². The molecule has 32 heavy (non-hydrogen) atoms. The minimum absolute atomic E-state index is 0.225. The Morgan fingerprint density at radius 1 is 1.09 bits per heavy atom. The summed E-state index contributed by atoms with van der Waals surface area (Å²) in [5.41, 5.74) is 9.14. The third-order valence-electron chi connectivity index (χ3n) is 5.92. The zero-order chi connectivity index (χ0) is 22.3. The highest BCUT2D eigenvalue weighted by molar-refractivity contribution is 6.43. The monoisotopic (exact) mass is 464 g/mol. The molecule has 1 aliphatic rings. The van der Waals surface area contributed by atoms with Crippen LogP contribution < -0.4 is 10.6 Å². The second-order valence-electron chi connectivity index (χ2n) is 7.76. The number of halogens is 2. The molecule has 4 heterocycles. The van der Waals surface area contributed by atoms with Gasteiger partial charge in [0.25, 0.3) is 0 Å². The molecule has 0 saturated carbocycles. The van der Waals surface area contributed by atoms with Crippen molar-refractivity contribution in [2.45, 2.75) is 18.4 Å². The maximum absolute atomic E-state index is 9.82. The maximum Gasteiger partial charge on any atom is 0.228 e. The summed E-state index contributed by atoms with van der Waals surface area (Å²) >= 11 is 12.6. The molecule has 0 bridgehead atoms. The molecule has 3 aromatic heterocycles. The van der Waals surface area contributed by atoms with E-state index >= 15 is 0 Å². The summed E-state index contributed by atoms with van der Waals surface area (Å²) < 4.78 is 0. The van der Waals surface area contributed by atoms with Crippen LogP contribution in [0.3, 0.4) is 0 Å². The fourth-order valence-corrected chi connectivity index (χ4v) is 4.50. The Morgan fingerprint density at radius 3 is 2.56 bits per heavy atom. The highest BCUT2D eigenvalue weighted by Crippen LogP contribution is 2.37. The molecule has 0 atom stereocenters. The Kier molecular flexibility index (Phi) is 5.18. The highest BCUT2D eigenvalue weighted by atomic mass is 35.5. The minimum atomic E-state index is -0.426. The Labute approximate surface area is 194 Å². The van der Waals surface area contributed by atoms with Crippen LogP contribution in [0.15, 0.2) is 42.7 Å². The third kappa shape index (κ3) is 3.45. The first-order valence-corrected chi connectivity index (χ1v) is 10.8. The number of nitriles is 1. The second-order valence-corrected chi connectivity index (χ2v) is 8.55. The van der Waals surface area contributed by atoms with Crippen molar-refractivity contribution in [3.8, 4) is 17.3 Å². The van der Waals surface area contributed by atoms with E-state index in [9.17, 15) is 5.26 Å². The van der Waals surface area contributed by atoms with Crippen LogP contribution in [0.4, 0.5) is 5.95 Å². The average Bonchev–Trinajstić information content (AvgIpc) is 3.25. The number of nitrogens with one attached hydrogen (secondary N) is 1. The molecule has 1 saturated heterocycles. The van der Waals surface area contributed by atoms with E-state index in [-0.39, 0.29) is 5.69 Å². The van der Waals surface area contributed by atoms with E-state index in [4.69, 9.17) is 28.9 Å². The topological polar surface area (TPSA) is 120 Å². The SMILES string of the molecule is N#Cc1nc(N2CCC(N)(c3ccncc3)CC2)nc2n[nH]c(-c3cccc(Cl)c3Cl)c12. The number of hydrogen-bond donors (Lipinski definition) is 2. The summed E-state index contributed by atoms with van der Waals surface area (Å²) in [6.07, 6.45) is 4.97. The van der Waals surface area contributed by atoms with Crippen molar-refractivity contribution in [3.05, 3.63) is 64.0 Å². The number of H-pyrrole nitrogens is 1. The summed E-state index contributed by atoms with van der Waals surface area (Å²) in [4.78, 5) is 15.3. The van der Waals surface area contributed by atoms with Crippen LogP contribution in [0.1, 0.15) is 24.1 Å². The third-order valence-corrected chi connectivity index (χ3v) is 6.74. The van der Waals surface area contributed by atoms with E-state index in [0.717, 1.165) is 18.4 Å². The summed E-state index contributed by atoms with van der Waals surface area (Å²) in [7, 11) is 0. The number of fused-ring (bicyclic) bond motifs is 1. The van der Waals surface area contributed by atoms with Crippen molar-refractivity contribution in [1.82, 2.24) is 25.1 Å².